The summed E-state index contributed by atoms with van der Waals surface area (Å²) in [6.45, 7) is 1.95. The predicted molar refractivity (Wildman–Crippen MR) is 155 cm³/mol. The first kappa shape index (κ1) is 28.5. The highest BCUT2D eigenvalue weighted by molar-refractivity contribution is 6.10. The highest BCUT2D eigenvalue weighted by Gasteiger charge is 2.40. The Bertz CT molecular complexity index is 1630. The van der Waals surface area contributed by atoms with Gasteiger partial charge in [-0.05, 0) is 47.9 Å². The number of hydrogen-bond donors (Lipinski definition) is 0. The molecule has 8 heteroatoms. The molecule has 1 unspecified atom stereocenters. The summed E-state index contributed by atoms with van der Waals surface area (Å²) in [6, 6.07) is 30.4. The van der Waals surface area contributed by atoms with Crippen molar-refractivity contribution in [2.75, 3.05) is 0 Å². The number of carbonyl (C=O) groups is 2. The molecule has 0 radical (unpaired) electrons. The molecule has 4 aromatic rings. The van der Waals surface area contributed by atoms with Crippen molar-refractivity contribution < 1.29 is 27.5 Å². The van der Waals surface area contributed by atoms with Crippen LogP contribution in [0.5, 0.6) is 0 Å². The number of amidine groups is 1. The van der Waals surface area contributed by atoms with Crippen molar-refractivity contribution in [3.05, 3.63) is 148 Å². The van der Waals surface area contributed by atoms with Gasteiger partial charge in [-0.2, -0.15) is 18.2 Å². The van der Waals surface area contributed by atoms with Crippen molar-refractivity contribution in [2.45, 2.75) is 32.0 Å². The Labute approximate surface area is 241 Å². The SMILES string of the molecule is Cc1ccc(C2CC(=NC(=O)c3cccc(C(F)(F)F)c3)N(C(=O)OCc3ccccc3)/C2=C\c2ccccc2)cc1. The van der Waals surface area contributed by atoms with E-state index in [0.29, 0.717) is 5.70 Å². The normalized spacial score (nSPS) is 17.0. The fourth-order valence-electron chi connectivity index (χ4n) is 4.76. The highest BCUT2D eigenvalue weighted by Crippen LogP contribution is 2.40. The maximum absolute atomic E-state index is 13.7. The first-order valence-electron chi connectivity index (χ1n) is 13.3. The zero-order chi connectivity index (χ0) is 29.7. The average molecular weight is 569 g/mol. The van der Waals surface area contributed by atoms with E-state index in [1.54, 1.807) is 0 Å². The van der Waals surface area contributed by atoms with Crippen LogP contribution in [0.2, 0.25) is 0 Å². The van der Waals surface area contributed by atoms with Crippen molar-refractivity contribution >= 4 is 23.9 Å². The lowest BCUT2D eigenvalue weighted by Gasteiger charge is -2.21. The maximum atomic E-state index is 13.7. The number of allylic oxidation sites excluding steroid dienone is 1. The monoisotopic (exact) mass is 568 g/mol. The number of ether oxygens (including phenoxy) is 1. The molecule has 4 aromatic carbocycles. The minimum atomic E-state index is -4.62. The number of nitrogens with zero attached hydrogens (tertiary/aromatic N) is 2. The van der Waals surface area contributed by atoms with Crippen molar-refractivity contribution in [1.29, 1.82) is 0 Å². The predicted octanol–water partition coefficient (Wildman–Crippen LogP) is 8.42. The molecule has 1 aliphatic rings. The summed E-state index contributed by atoms with van der Waals surface area (Å²) in [5, 5.41) is 0. The molecule has 1 aliphatic heterocycles. The summed E-state index contributed by atoms with van der Waals surface area (Å²) in [7, 11) is 0. The number of carbonyl (C=O) groups excluding carboxylic acids is 2. The minimum Gasteiger partial charge on any atom is -0.444 e. The van der Waals surface area contributed by atoms with E-state index in [1.807, 2.05) is 97.9 Å². The Balaban J connectivity index is 1.58. The van der Waals surface area contributed by atoms with Gasteiger partial charge in [0.15, 0.2) is 0 Å². The molecule has 5 rings (SSSR count). The van der Waals surface area contributed by atoms with Crippen molar-refractivity contribution in [2.24, 2.45) is 4.99 Å². The number of aryl methyl sites for hydroxylation is 1. The Kier molecular flexibility index (Phi) is 8.33. The van der Waals surface area contributed by atoms with Gasteiger partial charge in [-0.3, -0.25) is 4.79 Å². The third kappa shape index (κ3) is 6.66. The third-order valence-corrected chi connectivity index (χ3v) is 6.91. The second-order valence-corrected chi connectivity index (χ2v) is 9.93. The summed E-state index contributed by atoms with van der Waals surface area (Å²) in [6.07, 6.45) is -3.36. The number of alkyl halides is 3. The van der Waals surface area contributed by atoms with Crippen LogP contribution in [-0.4, -0.2) is 22.7 Å². The Morgan fingerprint density at radius 3 is 2.24 bits per heavy atom. The lowest BCUT2D eigenvalue weighted by atomic mass is 9.93. The van der Waals surface area contributed by atoms with E-state index in [1.165, 1.54) is 11.0 Å². The molecule has 1 atom stereocenters. The summed E-state index contributed by atoms with van der Waals surface area (Å²) in [5.41, 5.74) is 2.88. The molecule has 2 amide bonds. The molecule has 5 nitrogen and oxygen atoms in total. The number of aliphatic imine (C=N–C) groups is 1. The summed E-state index contributed by atoms with van der Waals surface area (Å²) >= 11 is 0. The van der Waals surface area contributed by atoms with Crippen LogP contribution in [-0.2, 0) is 17.5 Å². The van der Waals surface area contributed by atoms with Crippen LogP contribution in [0.15, 0.2) is 120 Å². The topological polar surface area (TPSA) is 59.0 Å². The largest absolute Gasteiger partial charge is 0.444 e. The van der Waals surface area contributed by atoms with Crippen LogP contribution in [0, 0.1) is 6.92 Å². The molecule has 1 saturated heterocycles. The van der Waals surface area contributed by atoms with Crippen LogP contribution in [0.1, 0.15) is 50.5 Å². The maximum Gasteiger partial charge on any atom is 0.420 e. The molecule has 1 fully saturated rings. The number of halogens is 3. The molecule has 0 aromatic heterocycles. The zero-order valence-corrected chi connectivity index (χ0v) is 22.7. The second-order valence-electron chi connectivity index (χ2n) is 9.93. The standard InChI is InChI=1S/C34H27F3N2O3/c1-23-15-17-26(18-16-23)29-21-31(38-32(40)27-13-8-14-28(20-27)34(35,36)37)39(30(29)19-24-9-4-2-5-10-24)33(41)42-22-25-11-6-3-7-12-25/h2-20,29H,21-22H2,1H3/b30-19-,38-31?. The van der Waals surface area contributed by atoms with Crippen molar-refractivity contribution in [3.63, 3.8) is 0 Å². The fourth-order valence-corrected chi connectivity index (χ4v) is 4.76. The molecular formula is C34H27F3N2O3. The second kappa shape index (κ2) is 12.3. The van der Waals surface area contributed by atoms with E-state index in [0.717, 1.165) is 40.5 Å². The van der Waals surface area contributed by atoms with Gasteiger partial charge in [-0.1, -0.05) is 96.6 Å². The molecule has 0 aliphatic carbocycles. The van der Waals surface area contributed by atoms with Crippen LogP contribution in [0.25, 0.3) is 6.08 Å². The van der Waals surface area contributed by atoms with E-state index in [4.69, 9.17) is 4.74 Å². The van der Waals surface area contributed by atoms with Crippen molar-refractivity contribution in [3.8, 4) is 0 Å². The average Bonchev–Trinajstić information content (AvgIpc) is 3.34. The smallest absolute Gasteiger partial charge is 0.420 e. The molecule has 212 valence electrons. The lowest BCUT2D eigenvalue weighted by molar-refractivity contribution is -0.137. The molecular weight excluding hydrogens is 541 g/mol. The Morgan fingerprint density at radius 1 is 0.905 bits per heavy atom. The molecule has 1 heterocycles. The van der Waals surface area contributed by atoms with E-state index >= 15 is 0 Å². The van der Waals surface area contributed by atoms with Gasteiger partial charge < -0.3 is 4.74 Å². The van der Waals surface area contributed by atoms with Gasteiger partial charge in [0.1, 0.15) is 12.4 Å². The van der Waals surface area contributed by atoms with Gasteiger partial charge >= 0.3 is 12.3 Å². The van der Waals surface area contributed by atoms with Crippen LogP contribution < -0.4 is 0 Å². The number of amides is 2. The summed E-state index contributed by atoms with van der Waals surface area (Å²) in [5.74, 6) is -1.17. The first-order valence-corrected chi connectivity index (χ1v) is 13.3. The Morgan fingerprint density at radius 2 is 1.57 bits per heavy atom. The fraction of sp³-hybridized carbons (Fsp3) is 0.147. The van der Waals surface area contributed by atoms with E-state index in [2.05, 4.69) is 4.99 Å². The van der Waals surface area contributed by atoms with Gasteiger partial charge in [0.05, 0.1) is 5.56 Å². The Hall–Kier alpha value is -4.98. The van der Waals surface area contributed by atoms with E-state index in [-0.39, 0.29) is 30.3 Å². The molecule has 0 bridgehead atoms. The first-order chi connectivity index (χ1) is 20.2. The quantitative estimate of drug-likeness (QED) is 0.243. The molecule has 0 N–H and O–H groups in total. The minimum absolute atomic E-state index is 0.0150. The highest BCUT2D eigenvalue weighted by atomic mass is 19.4. The number of hydrogen-bond acceptors (Lipinski definition) is 3. The van der Waals surface area contributed by atoms with Crippen LogP contribution in [0.4, 0.5) is 18.0 Å². The van der Waals surface area contributed by atoms with Crippen LogP contribution in [0.3, 0.4) is 0 Å². The number of rotatable bonds is 5. The molecule has 42 heavy (non-hydrogen) atoms. The number of benzene rings is 4. The van der Waals surface area contributed by atoms with Gasteiger partial charge in [0, 0.05) is 23.6 Å². The third-order valence-electron chi connectivity index (χ3n) is 6.91. The zero-order valence-electron chi connectivity index (χ0n) is 22.7. The van der Waals surface area contributed by atoms with Crippen molar-refractivity contribution in [1.82, 2.24) is 4.90 Å². The van der Waals surface area contributed by atoms with Gasteiger partial charge in [0.2, 0.25) is 0 Å². The van der Waals surface area contributed by atoms with Crippen LogP contribution >= 0.6 is 0 Å². The van der Waals surface area contributed by atoms with E-state index < -0.39 is 23.7 Å². The molecule has 0 spiro atoms. The molecule has 0 saturated carbocycles. The van der Waals surface area contributed by atoms with E-state index in [9.17, 15) is 22.8 Å². The van der Waals surface area contributed by atoms with Gasteiger partial charge in [0.25, 0.3) is 5.91 Å². The summed E-state index contributed by atoms with van der Waals surface area (Å²) < 4.78 is 45.7. The van der Waals surface area contributed by atoms with Gasteiger partial charge in [-0.25, -0.2) is 9.69 Å². The lowest BCUT2D eigenvalue weighted by Crippen LogP contribution is -2.32. The van der Waals surface area contributed by atoms with Gasteiger partial charge in [-0.15, -0.1) is 0 Å². The summed E-state index contributed by atoms with van der Waals surface area (Å²) in [4.78, 5) is 32.4. The number of likely N-dealkylation sites (tertiary alicyclic amines) is 1.